The Kier molecular flexibility index (Phi) is 5.87. The molecule has 1 amide bonds. The number of thiazole rings is 1. The number of amides is 1. The molecule has 0 aliphatic carbocycles. The number of piperidine rings is 1. The van der Waals surface area contributed by atoms with Gasteiger partial charge in [-0.3, -0.25) is 9.78 Å². The number of aromatic nitrogens is 4. The molecule has 0 saturated carbocycles. The molecule has 2 aliphatic rings. The molecule has 1 fully saturated rings. The Hall–Kier alpha value is -2.87. The van der Waals surface area contributed by atoms with Gasteiger partial charge in [-0.1, -0.05) is 6.07 Å². The molecule has 2 aliphatic heterocycles. The van der Waals surface area contributed by atoms with Crippen LogP contribution in [0.25, 0.3) is 0 Å². The lowest BCUT2D eigenvalue weighted by Crippen LogP contribution is -2.40. The van der Waals surface area contributed by atoms with E-state index in [0.717, 1.165) is 78.9 Å². The molecule has 1 saturated heterocycles. The molecule has 0 spiro atoms. The lowest BCUT2D eigenvalue weighted by Gasteiger charge is -2.34. The average molecular weight is 449 g/mol. The van der Waals surface area contributed by atoms with Gasteiger partial charge in [-0.2, -0.15) is 0 Å². The summed E-state index contributed by atoms with van der Waals surface area (Å²) in [5, 5.41) is 0. The number of hydrogen-bond donors (Lipinski definition) is 0. The summed E-state index contributed by atoms with van der Waals surface area (Å²) in [5.41, 5.74) is 5.92. The number of pyridine rings is 1. The van der Waals surface area contributed by atoms with Crippen LogP contribution in [0, 0.1) is 13.8 Å². The highest BCUT2D eigenvalue weighted by atomic mass is 32.1. The molecule has 0 radical (unpaired) electrons. The Morgan fingerprint density at radius 2 is 2.03 bits per heavy atom. The molecule has 5 rings (SSSR count). The minimum absolute atomic E-state index is 0.0844. The molecule has 5 heterocycles. The summed E-state index contributed by atoms with van der Waals surface area (Å²) < 4.78 is 0. The molecule has 0 bridgehead atoms. The van der Waals surface area contributed by atoms with E-state index in [2.05, 4.69) is 27.9 Å². The summed E-state index contributed by atoms with van der Waals surface area (Å²) in [6.45, 7) is 7.16. The van der Waals surface area contributed by atoms with Gasteiger partial charge < -0.3 is 9.80 Å². The number of aryl methyl sites for hydroxylation is 2. The third-order valence-electron chi connectivity index (χ3n) is 6.46. The van der Waals surface area contributed by atoms with Crippen LogP contribution in [0.4, 0.5) is 5.82 Å². The van der Waals surface area contributed by atoms with Crippen molar-refractivity contribution >= 4 is 23.1 Å². The van der Waals surface area contributed by atoms with Crippen LogP contribution < -0.4 is 4.90 Å². The Morgan fingerprint density at radius 3 is 2.81 bits per heavy atom. The van der Waals surface area contributed by atoms with Crippen molar-refractivity contribution < 1.29 is 4.79 Å². The Bertz CT molecular complexity index is 1110. The highest BCUT2D eigenvalue weighted by Gasteiger charge is 2.31. The normalized spacial score (nSPS) is 18.5. The van der Waals surface area contributed by atoms with Gasteiger partial charge in [0.15, 0.2) is 0 Å². The van der Waals surface area contributed by atoms with Crippen molar-refractivity contribution in [1.82, 2.24) is 24.8 Å². The largest absolute Gasteiger partial charge is 0.350 e. The summed E-state index contributed by atoms with van der Waals surface area (Å²) in [5.74, 6) is 2.16. The van der Waals surface area contributed by atoms with Gasteiger partial charge in [0, 0.05) is 43.0 Å². The number of hydrogen-bond acceptors (Lipinski definition) is 7. The van der Waals surface area contributed by atoms with Crippen molar-refractivity contribution in [2.75, 3.05) is 24.5 Å². The molecule has 0 unspecified atom stereocenters. The number of fused-ring (bicyclic) bond motifs is 1. The Morgan fingerprint density at radius 1 is 1.12 bits per heavy atom. The van der Waals surface area contributed by atoms with Crippen LogP contribution in [-0.2, 0) is 13.0 Å². The van der Waals surface area contributed by atoms with Gasteiger partial charge in [0.1, 0.15) is 16.5 Å². The molecule has 32 heavy (non-hydrogen) atoms. The van der Waals surface area contributed by atoms with Gasteiger partial charge in [0.05, 0.1) is 23.4 Å². The topological polar surface area (TPSA) is 75.1 Å². The Balaban J connectivity index is 1.40. The third kappa shape index (κ3) is 4.11. The van der Waals surface area contributed by atoms with Crippen LogP contribution in [0.1, 0.15) is 63.3 Å². The fraction of sp³-hybridized carbons (Fsp3) is 0.458. The SMILES string of the molecule is Cc1ncsc1C(=O)N1CCC[C@@H](c2nc(C)c3c(n2)N(Cc2ccccn2)CCC3)C1. The van der Waals surface area contributed by atoms with E-state index in [-0.39, 0.29) is 11.8 Å². The smallest absolute Gasteiger partial charge is 0.265 e. The van der Waals surface area contributed by atoms with Crippen LogP contribution in [0.2, 0.25) is 0 Å². The Labute approximate surface area is 192 Å². The number of anilines is 1. The van der Waals surface area contributed by atoms with Crippen molar-refractivity contribution in [2.45, 2.75) is 52.0 Å². The zero-order chi connectivity index (χ0) is 22.1. The first kappa shape index (κ1) is 21.0. The molecular formula is C24H28N6OS. The highest BCUT2D eigenvalue weighted by Crippen LogP contribution is 2.33. The summed E-state index contributed by atoms with van der Waals surface area (Å²) >= 11 is 1.42. The fourth-order valence-electron chi connectivity index (χ4n) is 4.76. The molecule has 166 valence electrons. The predicted octanol–water partition coefficient (Wildman–Crippen LogP) is 3.92. The lowest BCUT2D eigenvalue weighted by atomic mass is 9.95. The second-order valence-corrected chi connectivity index (χ2v) is 9.53. The summed E-state index contributed by atoms with van der Waals surface area (Å²) in [6, 6.07) is 6.04. The van der Waals surface area contributed by atoms with Crippen LogP contribution in [0.15, 0.2) is 29.9 Å². The lowest BCUT2D eigenvalue weighted by molar-refractivity contribution is 0.0708. The van der Waals surface area contributed by atoms with Crippen LogP contribution in [-0.4, -0.2) is 50.4 Å². The monoisotopic (exact) mass is 448 g/mol. The van der Waals surface area contributed by atoms with E-state index < -0.39 is 0 Å². The second kappa shape index (κ2) is 8.94. The molecule has 0 N–H and O–H groups in total. The molecule has 0 aromatic carbocycles. The van der Waals surface area contributed by atoms with Gasteiger partial charge >= 0.3 is 0 Å². The molecule has 8 heteroatoms. The summed E-state index contributed by atoms with van der Waals surface area (Å²) in [6.07, 6.45) is 5.92. The van der Waals surface area contributed by atoms with Crippen molar-refractivity contribution in [3.63, 3.8) is 0 Å². The van der Waals surface area contributed by atoms with Gasteiger partial charge in [-0.15, -0.1) is 11.3 Å². The zero-order valence-electron chi connectivity index (χ0n) is 18.6. The zero-order valence-corrected chi connectivity index (χ0v) is 19.4. The van der Waals surface area contributed by atoms with Crippen LogP contribution in [0.3, 0.4) is 0 Å². The van der Waals surface area contributed by atoms with Gasteiger partial charge in [-0.25, -0.2) is 15.0 Å². The van der Waals surface area contributed by atoms with Crippen molar-refractivity contribution in [1.29, 1.82) is 0 Å². The maximum absolute atomic E-state index is 13.1. The van der Waals surface area contributed by atoms with E-state index >= 15 is 0 Å². The van der Waals surface area contributed by atoms with Gasteiger partial charge in [-0.05, 0) is 51.7 Å². The van der Waals surface area contributed by atoms with Gasteiger partial charge in [0.2, 0.25) is 0 Å². The first-order valence-corrected chi connectivity index (χ1v) is 12.2. The van der Waals surface area contributed by atoms with Crippen LogP contribution >= 0.6 is 11.3 Å². The molecule has 3 aromatic rings. The molecule has 3 aromatic heterocycles. The number of carbonyl (C=O) groups is 1. The molecule has 7 nitrogen and oxygen atoms in total. The minimum Gasteiger partial charge on any atom is -0.350 e. The maximum atomic E-state index is 13.1. The first-order chi connectivity index (χ1) is 15.6. The van der Waals surface area contributed by atoms with E-state index in [0.29, 0.717) is 6.54 Å². The maximum Gasteiger partial charge on any atom is 0.265 e. The molecular weight excluding hydrogens is 420 g/mol. The van der Waals surface area contributed by atoms with Crippen molar-refractivity contribution in [3.05, 3.63) is 63.3 Å². The molecule has 1 atom stereocenters. The minimum atomic E-state index is 0.0844. The van der Waals surface area contributed by atoms with E-state index in [1.807, 2.05) is 30.2 Å². The van der Waals surface area contributed by atoms with E-state index in [9.17, 15) is 4.79 Å². The summed E-state index contributed by atoms with van der Waals surface area (Å²) in [4.78, 5) is 36.9. The predicted molar refractivity (Wildman–Crippen MR) is 125 cm³/mol. The number of likely N-dealkylation sites (tertiary alicyclic amines) is 1. The highest BCUT2D eigenvalue weighted by molar-refractivity contribution is 7.11. The quantitative estimate of drug-likeness (QED) is 0.602. The van der Waals surface area contributed by atoms with E-state index in [4.69, 9.17) is 9.97 Å². The first-order valence-electron chi connectivity index (χ1n) is 11.3. The average Bonchev–Trinajstić information content (AvgIpc) is 3.25. The number of rotatable bonds is 4. The number of carbonyl (C=O) groups excluding carboxylic acids is 1. The van der Waals surface area contributed by atoms with E-state index in [1.54, 1.807) is 5.51 Å². The van der Waals surface area contributed by atoms with E-state index in [1.165, 1.54) is 16.9 Å². The fourth-order valence-corrected chi connectivity index (χ4v) is 5.53. The van der Waals surface area contributed by atoms with Crippen molar-refractivity contribution in [3.8, 4) is 0 Å². The van der Waals surface area contributed by atoms with Crippen LogP contribution in [0.5, 0.6) is 0 Å². The third-order valence-corrected chi connectivity index (χ3v) is 7.37. The van der Waals surface area contributed by atoms with Crippen molar-refractivity contribution in [2.24, 2.45) is 0 Å². The second-order valence-electron chi connectivity index (χ2n) is 8.67. The number of nitrogens with zero attached hydrogens (tertiary/aromatic N) is 6. The standard InChI is InChI=1S/C24H28N6OS/c1-16-20-9-6-11-29(14-19-8-3-4-10-25-19)23(20)28-22(27-16)18-7-5-12-30(13-18)24(31)21-17(2)26-15-32-21/h3-4,8,10,15,18H,5-7,9,11-14H2,1-2H3/t18-/m1/s1. The van der Waals surface area contributed by atoms with Gasteiger partial charge in [0.25, 0.3) is 5.91 Å². The summed E-state index contributed by atoms with van der Waals surface area (Å²) in [7, 11) is 0.